The van der Waals surface area contributed by atoms with Crippen LogP contribution in [-0.4, -0.2) is 35.1 Å². The molecule has 0 saturated carbocycles. The first-order chi connectivity index (χ1) is 5.65. The van der Waals surface area contributed by atoms with Crippen molar-refractivity contribution in [3.05, 3.63) is 0 Å². The van der Waals surface area contributed by atoms with Crippen LogP contribution in [0.1, 0.15) is 26.7 Å². The fourth-order valence-electron chi connectivity index (χ4n) is 1.63. The van der Waals surface area contributed by atoms with E-state index in [4.69, 9.17) is 5.11 Å². The van der Waals surface area contributed by atoms with Crippen LogP contribution < -0.4 is 0 Å². The van der Waals surface area contributed by atoms with Crippen molar-refractivity contribution >= 4 is 5.91 Å². The molecule has 1 heterocycles. The quantitative estimate of drug-likeness (QED) is 0.662. The molecule has 0 aromatic rings. The summed E-state index contributed by atoms with van der Waals surface area (Å²) in [6.07, 6.45) is 1.39. The van der Waals surface area contributed by atoms with Gasteiger partial charge in [-0.2, -0.15) is 0 Å². The van der Waals surface area contributed by atoms with Crippen LogP contribution in [0.3, 0.4) is 0 Å². The Hall–Kier alpha value is -0.570. The molecule has 70 valence electrons. The molecule has 1 saturated heterocycles. The van der Waals surface area contributed by atoms with Crippen LogP contribution in [0.2, 0.25) is 0 Å². The summed E-state index contributed by atoms with van der Waals surface area (Å²) in [7, 11) is 0. The smallest absolute Gasteiger partial charge is 0.251 e. The molecule has 1 fully saturated rings. The van der Waals surface area contributed by atoms with Gasteiger partial charge < -0.3 is 10.0 Å². The summed E-state index contributed by atoms with van der Waals surface area (Å²) >= 11 is 0. The first-order valence-electron chi connectivity index (χ1n) is 4.62. The van der Waals surface area contributed by atoms with Gasteiger partial charge >= 0.3 is 0 Å². The highest BCUT2D eigenvalue weighted by Crippen LogP contribution is 2.19. The van der Waals surface area contributed by atoms with Gasteiger partial charge in [-0.05, 0) is 19.3 Å². The molecule has 0 aliphatic carbocycles. The third-order valence-corrected chi connectivity index (χ3v) is 2.53. The minimum absolute atomic E-state index is 0.119. The number of hydrogen-bond acceptors (Lipinski definition) is 2. The summed E-state index contributed by atoms with van der Waals surface area (Å²) in [5.41, 5.74) is 0. The molecule has 12 heavy (non-hydrogen) atoms. The second kappa shape index (κ2) is 3.90. The van der Waals surface area contributed by atoms with E-state index in [0.29, 0.717) is 5.92 Å². The fraction of sp³-hybridized carbons (Fsp3) is 0.889. The van der Waals surface area contributed by atoms with E-state index in [0.717, 1.165) is 25.9 Å². The van der Waals surface area contributed by atoms with Gasteiger partial charge in [0.05, 0.1) is 0 Å². The molecular weight excluding hydrogens is 154 g/mol. The largest absolute Gasteiger partial charge is 0.384 e. The SMILES string of the molecule is CC[C@@H]1CCN(C(=O)[C@H](C)O)C1. The monoisotopic (exact) mass is 171 g/mol. The number of carbonyl (C=O) groups is 1. The van der Waals surface area contributed by atoms with E-state index in [9.17, 15) is 4.79 Å². The van der Waals surface area contributed by atoms with Crippen LogP contribution in [0, 0.1) is 5.92 Å². The van der Waals surface area contributed by atoms with E-state index in [-0.39, 0.29) is 5.91 Å². The van der Waals surface area contributed by atoms with Gasteiger partial charge in [0.2, 0.25) is 0 Å². The predicted molar refractivity (Wildman–Crippen MR) is 46.7 cm³/mol. The highest BCUT2D eigenvalue weighted by molar-refractivity contribution is 5.80. The second-order valence-corrected chi connectivity index (χ2v) is 3.52. The van der Waals surface area contributed by atoms with Crippen LogP contribution in [0.25, 0.3) is 0 Å². The van der Waals surface area contributed by atoms with Crippen molar-refractivity contribution in [1.29, 1.82) is 0 Å². The first kappa shape index (κ1) is 9.52. The molecular formula is C9H17NO2. The molecule has 1 amide bonds. The van der Waals surface area contributed by atoms with Crippen molar-refractivity contribution in [2.24, 2.45) is 5.92 Å². The molecule has 1 rings (SSSR count). The van der Waals surface area contributed by atoms with E-state index in [1.54, 1.807) is 4.90 Å². The average Bonchev–Trinajstić information content (AvgIpc) is 2.50. The minimum atomic E-state index is -0.833. The number of likely N-dealkylation sites (tertiary alicyclic amines) is 1. The number of rotatable bonds is 2. The third kappa shape index (κ3) is 1.97. The molecule has 0 aromatic heterocycles. The first-order valence-corrected chi connectivity index (χ1v) is 4.62. The molecule has 0 unspecified atom stereocenters. The summed E-state index contributed by atoms with van der Waals surface area (Å²) in [4.78, 5) is 13.0. The van der Waals surface area contributed by atoms with Crippen LogP contribution in [0.15, 0.2) is 0 Å². The Labute approximate surface area is 73.4 Å². The lowest BCUT2D eigenvalue weighted by Crippen LogP contribution is -2.35. The van der Waals surface area contributed by atoms with Crippen LogP contribution in [0.5, 0.6) is 0 Å². The van der Waals surface area contributed by atoms with Crippen molar-refractivity contribution in [2.75, 3.05) is 13.1 Å². The van der Waals surface area contributed by atoms with Crippen LogP contribution >= 0.6 is 0 Å². The number of hydrogen-bond donors (Lipinski definition) is 1. The van der Waals surface area contributed by atoms with Gasteiger partial charge in [0, 0.05) is 13.1 Å². The Morgan fingerprint density at radius 2 is 2.42 bits per heavy atom. The van der Waals surface area contributed by atoms with Crippen molar-refractivity contribution < 1.29 is 9.90 Å². The number of aliphatic hydroxyl groups excluding tert-OH is 1. The molecule has 0 spiro atoms. The lowest BCUT2D eigenvalue weighted by atomic mass is 10.1. The molecule has 0 aromatic carbocycles. The highest BCUT2D eigenvalue weighted by Gasteiger charge is 2.26. The van der Waals surface area contributed by atoms with Crippen molar-refractivity contribution in [1.82, 2.24) is 4.90 Å². The van der Waals surface area contributed by atoms with Gasteiger partial charge in [-0.3, -0.25) is 4.79 Å². The van der Waals surface area contributed by atoms with Crippen LogP contribution in [0.4, 0.5) is 0 Å². The number of carbonyl (C=O) groups excluding carboxylic acids is 1. The zero-order valence-electron chi connectivity index (χ0n) is 7.79. The van der Waals surface area contributed by atoms with Crippen molar-refractivity contribution in [3.8, 4) is 0 Å². The average molecular weight is 171 g/mol. The van der Waals surface area contributed by atoms with Crippen LogP contribution in [-0.2, 0) is 4.79 Å². The Morgan fingerprint density at radius 1 is 1.75 bits per heavy atom. The van der Waals surface area contributed by atoms with E-state index >= 15 is 0 Å². The van der Waals surface area contributed by atoms with Gasteiger partial charge in [0.15, 0.2) is 0 Å². The zero-order chi connectivity index (χ0) is 9.14. The molecule has 3 nitrogen and oxygen atoms in total. The summed E-state index contributed by atoms with van der Waals surface area (Å²) in [5.74, 6) is 0.527. The summed E-state index contributed by atoms with van der Waals surface area (Å²) in [6.45, 7) is 5.32. The van der Waals surface area contributed by atoms with E-state index in [1.807, 2.05) is 0 Å². The number of amides is 1. The minimum Gasteiger partial charge on any atom is -0.384 e. The Kier molecular flexibility index (Phi) is 3.09. The van der Waals surface area contributed by atoms with E-state index < -0.39 is 6.10 Å². The fourth-order valence-corrected chi connectivity index (χ4v) is 1.63. The van der Waals surface area contributed by atoms with Gasteiger partial charge in [-0.1, -0.05) is 13.3 Å². The zero-order valence-corrected chi connectivity index (χ0v) is 7.79. The summed E-state index contributed by atoms with van der Waals surface area (Å²) in [5, 5.41) is 9.05. The molecule has 3 heteroatoms. The topological polar surface area (TPSA) is 40.5 Å². The maximum absolute atomic E-state index is 11.3. The molecule has 0 radical (unpaired) electrons. The molecule has 1 aliphatic rings. The van der Waals surface area contributed by atoms with Gasteiger partial charge in [-0.15, -0.1) is 0 Å². The molecule has 1 aliphatic heterocycles. The Bertz CT molecular complexity index is 168. The molecule has 1 N–H and O–H groups in total. The lowest BCUT2D eigenvalue weighted by Gasteiger charge is -2.17. The number of nitrogens with zero attached hydrogens (tertiary/aromatic N) is 1. The summed E-state index contributed by atoms with van der Waals surface area (Å²) in [6, 6.07) is 0. The van der Waals surface area contributed by atoms with Gasteiger partial charge in [0.1, 0.15) is 6.10 Å². The van der Waals surface area contributed by atoms with E-state index in [2.05, 4.69) is 6.92 Å². The Morgan fingerprint density at radius 3 is 2.83 bits per heavy atom. The van der Waals surface area contributed by atoms with E-state index in [1.165, 1.54) is 6.92 Å². The van der Waals surface area contributed by atoms with Crippen molar-refractivity contribution in [2.45, 2.75) is 32.8 Å². The maximum atomic E-state index is 11.3. The highest BCUT2D eigenvalue weighted by atomic mass is 16.3. The van der Waals surface area contributed by atoms with Gasteiger partial charge in [-0.25, -0.2) is 0 Å². The normalized spacial score (nSPS) is 25.9. The molecule has 2 atom stereocenters. The number of aliphatic hydroxyl groups is 1. The maximum Gasteiger partial charge on any atom is 0.251 e. The third-order valence-electron chi connectivity index (χ3n) is 2.53. The lowest BCUT2D eigenvalue weighted by molar-refractivity contribution is -0.138. The standard InChI is InChI=1S/C9H17NO2/c1-3-8-4-5-10(6-8)9(12)7(2)11/h7-8,11H,3-6H2,1-2H3/t7-,8+/m0/s1. The second-order valence-electron chi connectivity index (χ2n) is 3.52. The predicted octanol–water partition coefficient (Wildman–Crippen LogP) is 0.626. The molecule has 0 bridgehead atoms. The van der Waals surface area contributed by atoms with Crippen molar-refractivity contribution in [3.63, 3.8) is 0 Å². The van der Waals surface area contributed by atoms with Gasteiger partial charge in [0.25, 0.3) is 5.91 Å². The summed E-state index contributed by atoms with van der Waals surface area (Å²) < 4.78 is 0. The Balaban J connectivity index is 2.41.